The summed E-state index contributed by atoms with van der Waals surface area (Å²) in [6.45, 7) is 1.72. The van der Waals surface area contributed by atoms with Crippen LogP contribution < -0.4 is 5.32 Å². The molecule has 2 atom stereocenters. The average Bonchev–Trinajstić information content (AvgIpc) is 2.98. The molecule has 2 heterocycles. The Hall–Kier alpha value is -2.07. The molecule has 7 nitrogen and oxygen atoms in total. The van der Waals surface area contributed by atoms with Crippen molar-refractivity contribution in [2.45, 2.75) is 31.7 Å². The summed E-state index contributed by atoms with van der Waals surface area (Å²) in [6, 6.07) is -0.393. The molecular formula is C13H16BF2N3O4. The van der Waals surface area contributed by atoms with Crippen LogP contribution in [-0.2, 0) is 4.79 Å². The van der Waals surface area contributed by atoms with E-state index in [0.717, 1.165) is 0 Å². The van der Waals surface area contributed by atoms with Gasteiger partial charge in [-0.15, -0.1) is 0 Å². The number of carbonyl (C=O) groups excluding carboxylic acids is 2. The van der Waals surface area contributed by atoms with Gasteiger partial charge in [-0.25, -0.2) is 9.37 Å². The first kappa shape index (κ1) is 17.3. The third-order valence-corrected chi connectivity index (χ3v) is 3.71. The van der Waals surface area contributed by atoms with Gasteiger partial charge in [-0.05, 0) is 19.8 Å². The highest BCUT2D eigenvalue weighted by Crippen LogP contribution is 2.19. The van der Waals surface area contributed by atoms with Crippen molar-refractivity contribution in [3.8, 4) is 0 Å². The number of pyridine rings is 1. The van der Waals surface area contributed by atoms with Crippen LogP contribution in [0.15, 0.2) is 12.3 Å². The van der Waals surface area contributed by atoms with Crippen molar-refractivity contribution < 1.29 is 28.4 Å². The van der Waals surface area contributed by atoms with Gasteiger partial charge >= 0.3 is 7.12 Å². The fourth-order valence-corrected chi connectivity index (χ4v) is 2.55. The average molecular weight is 327 g/mol. The Kier molecular flexibility index (Phi) is 5.27. The first-order valence-electron chi connectivity index (χ1n) is 7.09. The van der Waals surface area contributed by atoms with Gasteiger partial charge in [-0.3, -0.25) is 9.59 Å². The molecule has 23 heavy (non-hydrogen) atoms. The van der Waals surface area contributed by atoms with E-state index in [9.17, 15) is 28.4 Å². The van der Waals surface area contributed by atoms with E-state index in [1.165, 1.54) is 11.8 Å². The lowest BCUT2D eigenvalue weighted by atomic mass is 9.78. The Morgan fingerprint density at radius 2 is 2.17 bits per heavy atom. The maximum Gasteiger partial charge on any atom is 0.475 e. The molecule has 0 aliphatic carbocycles. The van der Waals surface area contributed by atoms with Crippen LogP contribution in [0.4, 0.5) is 8.78 Å². The topological polar surface area (TPSA) is 103 Å². The van der Waals surface area contributed by atoms with Crippen molar-refractivity contribution in [3.05, 3.63) is 29.6 Å². The van der Waals surface area contributed by atoms with Crippen molar-refractivity contribution in [1.82, 2.24) is 15.2 Å². The molecule has 124 valence electrons. The molecule has 1 aliphatic rings. The van der Waals surface area contributed by atoms with Gasteiger partial charge in [0.25, 0.3) is 5.91 Å². The minimum atomic E-state index is -1.67. The molecule has 0 radical (unpaired) electrons. The molecular weight excluding hydrogens is 311 g/mol. The third-order valence-electron chi connectivity index (χ3n) is 3.71. The summed E-state index contributed by atoms with van der Waals surface area (Å²) < 4.78 is 26.5. The minimum absolute atomic E-state index is 0.333. The van der Waals surface area contributed by atoms with Gasteiger partial charge in [0.2, 0.25) is 11.9 Å². The number of carbonyl (C=O) groups is 2. The number of halogens is 2. The van der Waals surface area contributed by atoms with Crippen LogP contribution in [0.5, 0.6) is 0 Å². The van der Waals surface area contributed by atoms with E-state index < -0.39 is 48.2 Å². The molecule has 0 bridgehead atoms. The van der Waals surface area contributed by atoms with Crippen LogP contribution in [-0.4, -0.2) is 57.4 Å². The van der Waals surface area contributed by atoms with Crippen molar-refractivity contribution >= 4 is 18.9 Å². The Labute approximate surface area is 131 Å². The third kappa shape index (κ3) is 3.83. The zero-order valence-corrected chi connectivity index (χ0v) is 12.4. The van der Waals surface area contributed by atoms with Gasteiger partial charge in [0.05, 0.1) is 17.7 Å². The quantitative estimate of drug-likeness (QED) is 0.510. The van der Waals surface area contributed by atoms with E-state index in [-0.39, 0.29) is 0 Å². The summed E-state index contributed by atoms with van der Waals surface area (Å²) in [5.41, 5.74) is -0.558. The summed E-state index contributed by atoms with van der Waals surface area (Å²) >= 11 is 0. The van der Waals surface area contributed by atoms with Crippen LogP contribution in [0.3, 0.4) is 0 Å². The standard InChI is InChI=1S/C13H16BF2N3O4/c1-7(13(21)19-4-2-3-10(19)14(22)23)18-12(20)8-5-11(16)17-6-9(8)15/h5-7,10,22-23H,2-4H2,1H3,(H,18,20)/t7-,10+/m1/s1. The van der Waals surface area contributed by atoms with Gasteiger partial charge < -0.3 is 20.3 Å². The van der Waals surface area contributed by atoms with Crippen molar-refractivity contribution in [1.29, 1.82) is 0 Å². The highest BCUT2D eigenvalue weighted by Gasteiger charge is 2.38. The summed E-state index contributed by atoms with van der Waals surface area (Å²) in [7, 11) is -1.67. The maximum absolute atomic E-state index is 13.5. The molecule has 1 aliphatic heterocycles. The summed E-state index contributed by atoms with van der Waals surface area (Å²) in [5, 5.41) is 20.8. The fraction of sp³-hybridized carbons (Fsp3) is 0.462. The second-order valence-electron chi connectivity index (χ2n) is 5.34. The summed E-state index contributed by atoms with van der Waals surface area (Å²) in [6.07, 6.45) is 1.63. The molecule has 1 aromatic heterocycles. The molecule has 10 heteroatoms. The highest BCUT2D eigenvalue weighted by molar-refractivity contribution is 6.43. The van der Waals surface area contributed by atoms with E-state index in [2.05, 4.69) is 10.3 Å². The van der Waals surface area contributed by atoms with Crippen molar-refractivity contribution in [2.75, 3.05) is 6.54 Å². The van der Waals surface area contributed by atoms with E-state index in [4.69, 9.17) is 0 Å². The van der Waals surface area contributed by atoms with Gasteiger partial charge in [-0.1, -0.05) is 0 Å². The molecule has 0 spiro atoms. The van der Waals surface area contributed by atoms with Crippen LogP contribution >= 0.6 is 0 Å². The lowest BCUT2D eigenvalue weighted by Gasteiger charge is -2.27. The Morgan fingerprint density at radius 1 is 1.48 bits per heavy atom. The Morgan fingerprint density at radius 3 is 2.83 bits per heavy atom. The number of hydrogen-bond donors (Lipinski definition) is 3. The largest absolute Gasteiger partial charge is 0.475 e. The number of aromatic nitrogens is 1. The van der Waals surface area contributed by atoms with Crippen LogP contribution in [0.1, 0.15) is 30.1 Å². The molecule has 2 rings (SSSR count). The number of amides is 2. The van der Waals surface area contributed by atoms with Crippen molar-refractivity contribution in [3.63, 3.8) is 0 Å². The number of hydrogen-bond acceptors (Lipinski definition) is 5. The number of nitrogens with zero attached hydrogens (tertiary/aromatic N) is 2. The zero-order chi connectivity index (χ0) is 17.1. The molecule has 0 unspecified atom stereocenters. The maximum atomic E-state index is 13.5. The van der Waals surface area contributed by atoms with Gasteiger partial charge in [0.15, 0.2) is 5.82 Å². The van der Waals surface area contributed by atoms with Gasteiger partial charge in [-0.2, -0.15) is 4.39 Å². The first-order valence-corrected chi connectivity index (χ1v) is 7.09. The van der Waals surface area contributed by atoms with E-state index in [1.54, 1.807) is 0 Å². The summed E-state index contributed by atoms with van der Waals surface area (Å²) in [4.78, 5) is 28.6. The van der Waals surface area contributed by atoms with Gasteiger partial charge in [0, 0.05) is 12.6 Å². The van der Waals surface area contributed by atoms with Crippen LogP contribution in [0.2, 0.25) is 0 Å². The van der Waals surface area contributed by atoms with Crippen LogP contribution in [0.25, 0.3) is 0 Å². The second kappa shape index (κ2) is 7.01. The molecule has 3 N–H and O–H groups in total. The number of likely N-dealkylation sites (tertiary alicyclic amines) is 1. The smallest absolute Gasteiger partial charge is 0.426 e. The van der Waals surface area contributed by atoms with Crippen molar-refractivity contribution in [2.24, 2.45) is 0 Å². The lowest BCUT2D eigenvalue weighted by molar-refractivity contribution is -0.132. The summed E-state index contributed by atoms with van der Waals surface area (Å²) in [5.74, 6) is -4.24. The molecule has 2 amide bonds. The normalized spacial score (nSPS) is 18.7. The van der Waals surface area contributed by atoms with Gasteiger partial charge in [0.1, 0.15) is 6.04 Å². The molecule has 0 aromatic carbocycles. The predicted molar refractivity (Wildman–Crippen MR) is 76.0 cm³/mol. The Balaban J connectivity index is 2.06. The monoisotopic (exact) mass is 327 g/mol. The van der Waals surface area contributed by atoms with E-state index >= 15 is 0 Å². The molecule has 1 aromatic rings. The zero-order valence-electron chi connectivity index (χ0n) is 12.4. The van der Waals surface area contributed by atoms with E-state index in [0.29, 0.717) is 31.6 Å². The number of nitrogens with one attached hydrogen (secondary N) is 1. The lowest BCUT2D eigenvalue weighted by Crippen LogP contribution is -2.52. The van der Waals surface area contributed by atoms with E-state index in [1.807, 2.05) is 0 Å². The molecule has 0 saturated carbocycles. The fourth-order valence-electron chi connectivity index (χ4n) is 2.55. The number of rotatable bonds is 4. The predicted octanol–water partition coefficient (Wildman–Crippen LogP) is -0.519. The second-order valence-corrected chi connectivity index (χ2v) is 5.34. The Bertz CT molecular complexity index is 617. The minimum Gasteiger partial charge on any atom is -0.426 e. The van der Waals surface area contributed by atoms with Crippen LogP contribution in [0, 0.1) is 11.8 Å². The SMILES string of the molecule is C[C@@H](NC(=O)c1cc(F)ncc1F)C(=O)N1CCC[C@H]1B(O)O. The highest BCUT2D eigenvalue weighted by atomic mass is 19.1. The molecule has 1 fully saturated rings. The molecule has 1 saturated heterocycles. The first-order chi connectivity index (χ1) is 10.8.